The summed E-state index contributed by atoms with van der Waals surface area (Å²) < 4.78 is 13.9. The van der Waals surface area contributed by atoms with Crippen LogP contribution in [-0.4, -0.2) is 15.8 Å². The van der Waals surface area contributed by atoms with Crippen molar-refractivity contribution in [2.24, 2.45) is 7.05 Å². The van der Waals surface area contributed by atoms with Gasteiger partial charge < -0.3 is 4.57 Å². The molecular weight excluding hydrogens is 147 g/mol. The lowest BCUT2D eigenvalue weighted by atomic mass is 10.5. The molecule has 1 heterocycles. The third-order valence-corrected chi connectivity index (χ3v) is 1.24. The summed E-state index contributed by atoms with van der Waals surface area (Å²) in [5.74, 6) is -0.395. The number of aldehydes is 1. The van der Waals surface area contributed by atoms with E-state index in [4.69, 9.17) is 0 Å². The molecule has 0 amide bonds. The van der Waals surface area contributed by atoms with Crippen molar-refractivity contribution >= 4 is 12.4 Å². The molecule has 0 aliphatic heterocycles. The smallest absolute Gasteiger partial charge is 0.178 e. The molecule has 1 aromatic heterocycles. The number of halogens is 1. The number of allylic oxidation sites excluding steroid dienone is 1. The zero-order chi connectivity index (χ0) is 8.27. The predicted octanol–water partition coefficient (Wildman–Crippen LogP) is 0.929. The van der Waals surface area contributed by atoms with E-state index in [0.717, 1.165) is 6.08 Å². The largest absolute Gasteiger partial charge is 0.334 e. The summed E-state index contributed by atoms with van der Waals surface area (Å²) in [4.78, 5) is 13.7. The first-order valence-corrected chi connectivity index (χ1v) is 3.03. The standard InChI is InChI=1S/C7H7FN2O/c1-10-3-2-9-7(10)4-6(8)5-11/h2-5H,1H3. The van der Waals surface area contributed by atoms with Gasteiger partial charge in [-0.3, -0.25) is 4.79 Å². The van der Waals surface area contributed by atoms with Crippen LogP contribution in [-0.2, 0) is 11.8 Å². The minimum Gasteiger partial charge on any atom is -0.334 e. The van der Waals surface area contributed by atoms with Crippen molar-refractivity contribution < 1.29 is 9.18 Å². The second-order valence-electron chi connectivity index (χ2n) is 2.04. The lowest BCUT2D eigenvalue weighted by Crippen LogP contribution is -1.90. The highest BCUT2D eigenvalue weighted by Gasteiger charge is 1.96. The first kappa shape index (κ1) is 7.65. The van der Waals surface area contributed by atoms with Crippen molar-refractivity contribution in [1.29, 1.82) is 0 Å². The van der Waals surface area contributed by atoms with Gasteiger partial charge in [0.25, 0.3) is 0 Å². The highest BCUT2D eigenvalue weighted by molar-refractivity contribution is 5.77. The van der Waals surface area contributed by atoms with Crippen molar-refractivity contribution in [1.82, 2.24) is 9.55 Å². The third-order valence-electron chi connectivity index (χ3n) is 1.24. The number of aromatic nitrogens is 2. The SMILES string of the molecule is Cn1ccnc1C=C(F)C=O. The summed E-state index contributed by atoms with van der Waals surface area (Å²) in [5.41, 5.74) is 0. The maximum absolute atomic E-state index is 12.3. The molecule has 0 fully saturated rings. The number of imidazole rings is 1. The number of hydrogen-bond donors (Lipinski definition) is 0. The first-order chi connectivity index (χ1) is 5.24. The Hall–Kier alpha value is -1.45. The average molecular weight is 154 g/mol. The van der Waals surface area contributed by atoms with Gasteiger partial charge in [-0.05, 0) is 0 Å². The van der Waals surface area contributed by atoms with E-state index < -0.39 is 5.83 Å². The fraction of sp³-hybridized carbons (Fsp3) is 0.143. The van der Waals surface area contributed by atoms with Gasteiger partial charge in [0.15, 0.2) is 12.1 Å². The van der Waals surface area contributed by atoms with E-state index in [1.54, 1.807) is 17.8 Å². The molecule has 0 bridgehead atoms. The monoisotopic (exact) mass is 154 g/mol. The normalized spacial score (nSPS) is 11.6. The fourth-order valence-electron chi connectivity index (χ4n) is 0.674. The minimum atomic E-state index is -0.820. The molecule has 0 spiro atoms. The molecule has 0 unspecified atom stereocenters. The van der Waals surface area contributed by atoms with Crippen molar-refractivity contribution in [3.05, 3.63) is 24.0 Å². The van der Waals surface area contributed by atoms with Crippen molar-refractivity contribution in [3.63, 3.8) is 0 Å². The van der Waals surface area contributed by atoms with Gasteiger partial charge >= 0.3 is 0 Å². The molecule has 0 radical (unpaired) electrons. The van der Waals surface area contributed by atoms with Crippen LogP contribution < -0.4 is 0 Å². The Balaban J connectivity index is 2.94. The van der Waals surface area contributed by atoms with Crippen LogP contribution in [0.3, 0.4) is 0 Å². The van der Waals surface area contributed by atoms with Gasteiger partial charge in [-0.25, -0.2) is 9.37 Å². The van der Waals surface area contributed by atoms with Crippen molar-refractivity contribution in [2.75, 3.05) is 0 Å². The molecule has 1 aromatic rings. The summed E-state index contributed by atoms with van der Waals surface area (Å²) >= 11 is 0. The zero-order valence-electron chi connectivity index (χ0n) is 5.99. The second-order valence-corrected chi connectivity index (χ2v) is 2.04. The lowest BCUT2D eigenvalue weighted by Gasteiger charge is -1.91. The molecule has 58 valence electrons. The van der Waals surface area contributed by atoms with Crippen LogP contribution in [0.25, 0.3) is 6.08 Å². The number of carbonyl (C=O) groups excluding carboxylic acids is 1. The van der Waals surface area contributed by atoms with Crippen LogP contribution in [0, 0.1) is 0 Å². The minimum absolute atomic E-state index is 0.147. The molecule has 0 N–H and O–H groups in total. The van der Waals surface area contributed by atoms with Gasteiger partial charge in [0.05, 0.1) is 0 Å². The molecule has 3 nitrogen and oxygen atoms in total. The average Bonchev–Trinajstić information content (AvgIpc) is 2.37. The summed E-state index contributed by atoms with van der Waals surface area (Å²) in [6.45, 7) is 0. The molecule has 0 aromatic carbocycles. The molecule has 0 aliphatic carbocycles. The van der Waals surface area contributed by atoms with Gasteiger partial charge in [-0.15, -0.1) is 0 Å². The molecule has 0 aliphatic rings. The molecular formula is C7H7FN2O. The summed E-state index contributed by atoms with van der Waals surface area (Å²) in [5, 5.41) is 0. The van der Waals surface area contributed by atoms with Gasteiger partial charge in [-0.2, -0.15) is 0 Å². The van der Waals surface area contributed by atoms with Crippen LogP contribution in [0.15, 0.2) is 18.2 Å². The summed E-state index contributed by atoms with van der Waals surface area (Å²) in [6, 6.07) is 0. The Morgan fingerprint density at radius 1 is 1.82 bits per heavy atom. The molecule has 0 saturated heterocycles. The van der Waals surface area contributed by atoms with Crippen LogP contribution in [0.2, 0.25) is 0 Å². The maximum atomic E-state index is 12.3. The van der Waals surface area contributed by atoms with Gasteiger partial charge in [-0.1, -0.05) is 0 Å². The van der Waals surface area contributed by atoms with Crippen LogP contribution in [0.1, 0.15) is 5.82 Å². The van der Waals surface area contributed by atoms with Crippen molar-refractivity contribution in [2.45, 2.75) is 0 Å². The Morgan fingerprint density at radius 2 is 2.55 bits per heavy atom. The maximum Gasteiger partial charge on any atom is 0.178 e. The Bertz CT molecular complexity index is 290. The van der Waals surface area contributed by atoms with E-state index in [-0.39, 0.29) is 6.29 Å². The lowest BCUT2D eigenvalue weighted by molar-refractivity contribution is -0.106. The Labute approximate surface area is 63.2 Å². The quantitative estimate of drug-likeness (QED) is 0.469. The predicted molar refractivity (Wildman–Crippen MR) is 38.4 cm³/mol. The number of carbonyl (C=O) groups is 1. The summed E-state index contributed by atoms with van der Waals surface area (Å²) in [6.07, 6.45) is 4.43. The number of hydrogen-bond acceptors (Lipinski definition) is 2. The van der Waals surface area contributed by atoms with E-state index in [2.05, 4.69) is 4.98 Å². The number of rotatable bonds is 2. The molecule has 0 atom stereocenters. The summed E-state index contributed by atoms with van der Waals surface area (Å²) in [7, 11) is 1.72. The fourth-order valence-corrected chi connectivity index (χ4v) is 0.674. The van der Waals surface area contributed by atoms with E-state index in [0.29, 0.717) is 5.82 Å². The van der Waals surface area contributed by atoms with E-state index in [1.807, 2.05) is 0 Å². The third kappa shape index (κ3) is 1.73. The second kappa shape index (κ2) is 3.09. The molecule has 11 heavy (non-hydrogen) atoms. The van der Waals surface area contributed by atoms with Crippen LogP contribution in [0.5, 0.6) is 0 Å². The Kier molecular flexibility index (Phi) is 2.15. The molecule has 1 rings (SSSR count). The molecule has 4 heteroatoms. The van der Waals surface area contributed by atoms with Crippen LogP contribution in [0.4, 0.5) is 4.39 Å². The molecule has 0 saturated carbocycles. The topological polar surface area (TPSA) is 34.9 Å². The number of aryl methyl sites for hydroxylation is 1. The first-order valence-electron chi connectivity index (χ1n) is 3.03. The van der Waals surface area contributed by atoms with E-state index in [1.165, 1.54) is 6.20 Å². The highest BCUT2D eigenvalue weighted by atomic mass is 19.1. The van der Waals surface area contributed by atoms with E-state index >= 15 is 0 Å². The van der Waals surface area contributed by atoms with Crippen LogP contribution >= 0.6 is 0 Å². The van der Waals surface area contributed by atoms with Gasteiger partial charge in [0.1, 0.15) is 5.82 Å². The Morgan fingerprint density at radius 3 is 3.00 bits per heavy atom. The van der Waals surface area contributed by atoms with Gasteiger partial charge in [0.2, 0.25) is 0 Å². The zero-order valence-corrected chi connectivity index (χ0v) is 5.99. The highest BCUT2D eigenvalue weighted by Crippen LogP contribution is 2.01. The number of nitrogens with zero attached hydrogens (tertiary/aromatic N) is 2. The van der Waals surface area contributed by atoms with Gasteiger partial charge in [0, 0.05) is 25.5 Å². The van der Waals surface area contributed by atoms with Crippen molar-refractivity contribution in [3.8, 4) is 0 Å². The van der Waals surface area contributed by atoms with E-state index in [9.17, 15) is 9.18 Å².